The number of methoxy groups -OCH3 is 1. The van der Waals surface area contributed by atoms with Crippen LogP contribution in [0.1, 0.15) is 27.2 Å². The second-order valence-corrected chi connectivity index (χ2v) is 6.60. The highest BCUT2D eigenvalue weighted by atomic mass is 35.5. The van der Waals surface area contributed by atoms with Crippen LogP contribution in [0.15, 0.2) is 0 Å². The first-order valence-corrected chi connectivity index (χ1v) is 6.95. The van der Waals surface area contributed by atoms with E-state index in [0.717, 1.165) is 0 Å². The largest absolute Gasteiger partial charge is 0.385 e. The summed E-state index contributed by atoms with van der Waals surface area (Å²) in [5.74, 6) is 0.0634. The molecule has 0 heterocycles. The van der Waals surface area contributed by atoms with Gasteiger partial charge in [-0.2, -0.15) is 0 Å². The topological polar surface area (TPSA) is 55.4 Å². The first-order chi connectivity index (χ1) is 6.71. The molecular formula is C9H20ClNO3S. The molecule has 0 fully saturated rings. The van der Waals surface area contributed by atoms with Gasteiger partial charge in [0.1, 0.15) is 0 Å². The lowest BCUT2D eigenvalue weighted by Crippen LogP contribution is -2.49. The van der Waals surface area contributed by atoms with Crippen LogP contribution in [0.25, 0.3) is 0 Å². The van der Waals surface area contributed by atoms with Gasteiger partial charge in [-0.05, 0) is 27.2 Å². The first kappa shape index (κ1) is 15.2. The fourth-order valence-electron chi connectivity index (χ4n) is 0.926. The molecule has 0 bridgehead atoms. The van der Waals surface area contributed by atoms with Gasteiger partial charge in [-0.3, -0.25) is 0 Å². The van der Waals surface area contributed by atoms with Crippen molar-refractivity contribution in [3.8, 4) is 0 Å². The van der Waals surface area contributed by atoms with Crippen LogP contribution in [0.2, 0.25) is 0 Å². The molecule has 0 aliphatic rings. The van der Waals surface area contributed by atoms with Crippen molar-refractivity contribution in [2.75, 3.05) is 19.5 Å². The van der Waals surface area contributed by atoms with E-state index in [1.165, 1.54) is 0 Å². The fraction of sp³-hybridized carbons (Fsp3) is 1.00. The van der Waals surface area contributed by atoms with Crippen molar-refractivity contribution in [3.05, 3.63) is 0 Å². The molecule has 0 radical (unpaired) electrons. The number of halogens is 1. The minimum atomic E-state index is -3.27. The summed E-state index contributed by atoms with van der Waals surface area (Å²) in [6.07, 6.45) is 0.485. The zero-order valence-corrected chi connectivity index (χ0v) is 11.3. The normalized spacial score (nSPS) is 15.3. The quantitative estimate of drug-likeness (QED) is 0.553. The maximum Gasteiger partial charge on any atom is 0.212 e. The molecule has 0 aliphatic carbocycles. The van der Waals surface area contributed by atoms with E-state index in [4.69, 9.17) is 16.3 Å². The second-order valence-electron chi connectivity index (χ2n) is 4.10. The Balaban J connectivity index is 4.26. The van der Waals surface area contributed by atoms with Crippen molar-refractivity contribution in [2.45, 2.75) is 38.1 Å². The standard InChI is InChI=1S/C9H20ClNO3S/c1-8(10)9(2,3)11-15(12,13)7-5-6-14-4/h8,11H,5-7H2,1-4H3. The van der Waals surface area contributed by atoms with E-state index in [1.54, 1.807) is 27.9 Å². The average molecular weight is 258 g/mol. The number of hydrogen-bond donors (Lipinski definition) is 1. The highest BCUT2D eigenvalue weighted by Gasteiger charge is 2.29. The van der Waals surface area contributed by atoms with Crippen LogP contribution < -0.4 is 4.72 Å². The summed E-state index contributed by atoms with van der Waals surface area (Å²) < 4.78 is 30.6. The van der Waals surface area contributed by atoms with E-state index < -0.39 is 15.6 Å². The van der Waals surface area contributed by atoms with E-state index in [1.807, 2.05) is 0 Å². The average Bonchev–Trinajstić information content (AvgIpc) is 2.01. The predicted molar refractivity (Wildman–Crippen MR) is 62.8 cm³/mol. The highest BCUT2D eigenvalue weighted by Crippen LogP contribution is 2.16. The van der Waals surface area contributed by atoms with Crippen LogP contribution in [-0.4, -0.2) is 38.8 Å². The fourth-order valence-corrected chi connectivity index (χ4v) is 2.62. The number of hydrogen-bond acceptors (Lipinski definition) is 3. The Labute approximate surface area is 97.4 Å². The van der Waals surface area contributed by atoms with Crippen molar-refractivity contribution < 1.29 is 13.2 Å². The molecule has 0 spiro atoms. The summed E-state index contributed by atoms with van der Waals surface area (Å²) in [7, 11) is -1.72. The van der Waals surface area contributed by atoms with Gasteiger partial charge in [-0.15, -0.1) is 11.6 Å². The summed E-state index contributed by atoms with van der Waals surface area (Å²) in [6.45, 7) is 5.73. The zero-order valence-electron chi connectivity index (χ0n) is 9.71. The maximum atomic E-state index is 11.6. The molecule has 1 atom stereocenters. The zero-order chi connectivity index (χ0) is 12.1. The van der Waals surface area contributed by atoms with Crippen LogP contribution in [0.5, 0.6) is 0 Å². The Hall–Kier alpha value is 0.160. The summed E-state index contributed by atoms with van der Waals surface area (Å²) in [5, 5.41) is -0.269. The minimum Gasteiger partial charge on any atom is -0.385 e. The molecule has 6 heteroatoms. The van der Waals surface area contributed by atoms with Gasteiger partial charge in [0.2, 0.25) is 10.0 Å². The van der Waals surface area contributed by atoms with E-state index in [-0.39, 0.29) is 11.1 Å². The molecule has 0 aromatic carbocycles. The van der Waals surface area contributed by atoms with Gasteiger partial charge in [-0.1, -0.05) is 0 Å². The van der Waals surface area contributed by atoms with Crippen LogP contribution in [-0.2, 0) is 14.8 Å². The molecule has 0 amide bonds. The lowest BCUT2D eigenvalue weighted by atomic mass is 10.0. The molecule has 0 aliphatic heterocycles. The maximum absolute atomic E-state index is 11.6. The van der Waals surface area contributed by atoms with Gasteiger partial charge >= 0.3 is 0 Å². The first-order valence-electron chi connectivity index (χ1n) is 4.86. The number of sulfonamides is 1. The van der Waals surface area contributed by atoms with Crippen LogP contribution in [0, 0.1) is 0 Å². The van der Waals surface area contributed by atoms with E-state index in [0.29, 0.717) is 13.0 Å². The molecular weight excluding hydrogens is 238 g/mol. The molecule has 1 N–H and O–H groups in total. The number of alkyl halides is 1. The molecule has 1 unspecified atom stereocenters. The molecule has 92 valence electrons. The van der Waals surface area contributed by atoms with Crippen LogP contribution in [0.4, 0.5) is 0 Å². The van der Waals surface area contributed by atoms with Gasteiger partial charge in [0.25, 0.3) is 0 Å². The van der Waals surface area contributed by atoms with Gasteiger partial charge < -0.3 is 4.74 Å². The molecule has 0 saturated carbocycles. The third-order valence-electron chi connectivity index (χ3n) is 2.17. The number of ether oxygens (including phenoxy) is 1. The third-order valence-corrected chi connectivity index (χ3v) is 4.38. The Morgan fingerprint density at radius 1 is 1.47 bits per heavy atom. The number of rotatable bonds is 7. The molecule has 0 aromatic rings. The molecule has 4 nitrogen and oxygen atoms in total. The predicted octanol–water partition coefficient (Wildman–Crippen LogP) is 1.35. The molecule has 0 rings (SSSR count). The monoisotopic (exact) mass is 257 g/mol. The molecule has 0 aromatic heterocycles. The van der Waals surface area contributed by atoms with Crippen LogP contribution >= 0.6 is 11.6 Å². The summed E-state index contributed by atoms with van der Waals surface area (Å²) >= 11 is 5.89. The lowest BCUT2D eigenvalue weighted by molar-refractivity contribution is 0.199. The summed E-state index contributed by atoms with van der Waals surface area (Å²) in [4.78, 5) is 0. The van der Waals surface area contributed by atoms with E-state index >= 15 is 0 Å². The van der Waals surface area contributed by atoms with Crippen molar-refractivity contribution in [3.63, 3.8) is 0 Å². The van der Waals surface area contributed by atoms with E-state index in [2.05, 4.69) is 4.72 Å². The lowest BCUT2D eigenvalue weighted by Gasteiger charge is -2.28. The Morgan fingerprint density at radius 2 is 2.00 bits per heavy atom. The van der Waals surface area contributed by atoms with Gasteiger partial charge in [-0.25, -0.2) is 13.1 Å². The van der Waals surface area contributed by atoms with Crippen molar-refractivity contribution in [1.29, 1.82) is 0 Å². The minimum absolute atomic E-state index is 0.0634. The van der Waals surface area contributed by atoms with E-state index in [9.17, 15) is 8.42 Å². The van der Waals surface area contributed by atoms with Gasteiger partial charge in [0, 0.05) is 24.6 Å². The van der Waals surface area contributed by atoms with Gasteiger partial charge in [0.05, 0.1) is 5.75 Å². The van der Waals surface area contributed by atoms with Gasteiger partial charge in [0.15, 0.2) is 0 Å². The van der Waals surface area contributed by atoms with Crippen molar-refractivity contribution >= 4 is 21.6 Å². The number of nitrogens with one attached hydrogen (secondary N) is 1. The Kier molecular flexibility index (Phi) is 6.10. The second kappa shape index (κ2) is 6.03. The highest BCUT2D eigenvalue weighted by molar-refractivity contribution is 7.89. The molecule has 0 saturated heterocycles. The summed E-state index contributed by atoms with van der Waals surface area (Å²) in [5.41, 5.74) is -0.631. The summed E-state index contributed by atoms with van der Waals surface area (Å²) in [6, 6.07) is 0. The Morgan fingerprint density at radius 3 is 2.40 bits per heavy atom. The SMILES string of the molecule is COCCCS(=O)(=O)NC(C)(C)C(C)Cl. The molecule has 15 heavy (non-hydrogen) atoms. The Bertz CT molecular complexity index is 275. The third kappa shape index (κ3) is 6.35. The van der Waals surface area contributed by atoms with Crippen molar-refractivity contribution in [1.82, 2.24) is 4.72 Å². The van der Waals surface area contributed by atoms with Crippen molar-refractivity contribution in [2.24, 2.45) is 0 Å². The smallest absolute Gasteiger partial charge is 0.212 e. The van der Waals surface area contributed by atoms with Crippen LogP contribution in [0.3, 0.4) is 0 Å².